The van der Waals surface area contributed by atoms with Gasteiger partial charge >= 0.3 is 0 Å². The second-order valence-electron chi connectivity index (χ2n) is 5.68. The fourth-order valence-electron chi connectivity index (χ4n) is 2.73. The summed E-state index contributed by atoms with van der Waals surface area (Å²) < 4.78 is 18.5. The lowest BCUT2D eigenvalue weighted by Gasteiger charge is -2.31. The summed E-state index contributed by atoms with van der Waals surface area (Å²) in [5.74, 6) is -0.347. The molecular formula is C16H21ClFNO3. The van der Waals surface area contributed by atoms with Gasteiger partial charge in [0.15, 0.2) is 6.10 Å². The van der Waals surface area contributed by atoms with Crippen molar-refractivity contribution >= 4 is 17.5 Å². The average Bonchev–Trinajstić information content (AvgIpc) is 2.50. The third kappa shape index (κ3) is 4.34. The van der Waals surface area contributed by atoms with Gasteiger partial charge in [-0.3, -0.25) is 4.79 Å². The van der Waals surface area contributed by atoms with Crippen LogP contribution in [0.2, 0.25) is 5.02 Å². The van der Waals surface area contributed by atoms with Crippen LogP contribution in [0.5, 0.6) is 5.75 Å². The highest BCUT2D eigenvalue weighted by Crippen LogP contribution is 2.27. The number of rotatable bonds is 5. The first-order chi connectivity index (χ1) is 10.5. The summed E-state index contributed by atoms with van der Waals surface area (Å²) >= 11 is 5.89. The van der Waals surface area contributed by atoms with E-state index in [1.165, 1.54) is 12.1 Å². The van der Waals surface area contributed by atoms with Crippen LogP contribution >= 0.6 is 11.6 Å². The van der Waals surface area contributed by atoms with E-state index in [1.807, 2.05) is 0 Å². The van der Waals surface area contributed by atoms with E-state index in [4.69, 9.17) is 16.3 Å². The Hall–Kier alpha value is -1.33. The van der Waals surface area contributed by atoms with Crippen LogP contribution in [0.1, 0.15) is 32.6 Å². The van der Waals surface area contributed by atoms with Gasteiger partial charge in [-0.1, -0.05) is 24.4 Å². The van der Waals surface area contributed by atoms with E-state index in [0.717, 1.165) is 31.7 Å². The highest BCUT2D eigenvalue weighted by molar-refractivity contribution is 6.32. The van der Waals surface area contributed by atoms with E-state index < -0.39 is 11.9 Å². The summed E-state index contributed by atoms with van der Waals surface area (Å²) in [7, 11) is 0. The molecule has 2 rings (SSSR count). The number of aliphatic hydroxyl groups is 1. The lowest BCUT2D eigenvalue weighted by Crippen LogP contribution is -2.47. The second-order valence-corrected chi connectivity index (χ2v) is 6.08. The summed E-state index contributed by atoms with van der Waals surface area (Å²) in [6.45, 7) is 1.69. The Labute approximate surface area is 134 Å². The predicted octanol–water partition coefficient (Wildman–Crippen LogP) is 2.91. The molecule has 2 N–H and O–H groups in total. The number of amides is 1. The third-order valence-corrected chi connectivity index (χ3v) is 4.33. The van der Waals surface area contributed by atoms with Gasteiger partial charge in [0.25, 0.3) is 5.91 Å². The SMILES string of the molecule is CC(Oc1ccc(F)cc1Cl)C(=O)NC1CCCCC1CO. The molecule has 3 unspecified atom stereocenters. The molecule has 122 valence electrons. The van der Waals surface area contributed by atoms with Crippen LogP contribution in [-0.2, 0) is 4.79 Å². The van der Waals surface area contributed by atoms with Crippen LogP contribution in [0.4, 0.5) is 4.39 Å². The molecule has 22 heavy (non-hydrogen) atoms. The maximum absolute atomic E-state index is 13.0. The normalized spacial score (nSPS) is 22.9. The van der Waals surface area contributed by atoms with E-state index in [0.29, 0.717) is 0 Å². The number of carbonyl (C=O) groups is 1. The van der Waals surface area contributed by atoms with Gasteiger partial charge in [-0.2, -0.15) is 0 Å². The zero-order chi connectivity index (χ0) is 16.1. The molecule has 1 aliphatic carbocycles. The minimum absolute atomic E-state index is 0.0269. The van der Waals surface area contributed by atoms with Gasteiger partial charge in [0.05, 0.1) is 5.02 Å². The van der Waals surface area contributed by atoms with Crippen LogP contribution in [0, 0.1) is 11.7 Å². The first kappa shape index (κ1) is 17.0. The van der Waals surface area contributed by atoms with Crippen molar-refractivity contribution in [1.29, 1.82) is 0 Å². The van der Waals surface area contributed by atoms with Crippen molar-refractivity contribution in [1.82, 2.24) is 5.32 Å². The first-order valence-electron chi connectivity index (χ1n) is 7.54. The molecule has 0 spiro atoms. The maximum atomic E-state index is 13.0. The molecule has 1 aliphatic rings. The van der Waals surface area contributed by atoms with Gasteiger partial charge in [-0.25, -0.2) is 4.39 Å². The van der Waals surface area contributed by atoms with Gasteiger partial charge in [0.2, 0.25) is 0 Å². The molecule has 0 heterocycles. The molecular weight excluding hydrogens is 309 g/mol. The molecule has 0 aliphatic heterocycles. The number of aliphatic hydroxyl groups excluding tert-OH is 1. The number of benzene rings is 1. The van der Waals surface area contributed by atoms with Crippen LogP contribution < -0.4 is 10.1 Å². The van der Waals surface area contributed by atoms with E-state index in [9.17, 15) is 14.3 Å². The van der Waals surface area contributed by atoms with Gasteiger partial charge in [-0.15, -0.1) is 0 Å². The first-order valence-corrected chi connectivity index (χ1v) is 7.92. The smallest absolute Gasteiger partial charge is 0.261 e. The van der Waals surface area contributed by atoms with Crippen molar-refractivity contribution in [2.24, 2.45) is 5.92 Å². The zero-order valence-electron chi connectivity index (χ0n) is 12.5. The van der Waals surface area contributed by atoms with Gasteiger partial charge in [0, 0.05) is 18.6 Å². The molecule has 3 atom stereocenters. The molecule has 0 radical (unpaired) electrons. The lowest BCUT2D eigenvalue weighted by atomic mass is 9.85. The van der Waals surface area contributed by atoms with Crippen molar-refractivity contribution in [3.05, 3.63) is 29.0 Å². The summed E-state index contributed by atoms with van der Waals surface area (Å²) in [5.41, 5.74) is 0. The highest BCUT2D eigenvalue weighted by atomic mass is 35.5. The van der Waals surface area contributed by atoms with Crippen LogP contribution in [0.25, 0.3) is 0 Å². The minimum Gasteiger partial charge on any atom is -0.479 e. The molecule has 1 aromatic carbocycles. The van der Waals surface area contributed by atoms with Crippen molar-refractivity contribution in [2.45, 2.75) is 44.8 Å². The van der Waals surface area contributed by atoms with E-state index in [2.05, 4.69) is 5.32 Å². The van der Waals surface area contributed by atoms with E-state index in [-0.39, 0.29) is 35.2 Å². The molecule has 0 bridgehead atoms. The largest absolute Gasteiger partial charge is 0.479 e. The molecule has 0 aromatic heterocycles. The zero-order valence-corrected chi connectivity index (χ0v) is 13.3. The quantitative estimate of drug-likeness (QED) is 0.873. The van der Waals surface area contributed by atoms with Crippen molar-refractivity contribution in [3.8, 4) is 5.75 Å². The Kier molecular flexibility index (Phi) is 6.03. The third-order valence-electron chi connectivity index (χ3n) is 4.04. The molecule has 4 nitrogen and oxygen atoms in total. The summed E-state index contributed by atoms with van der Waals surface area (Å²) in [5, 5.41) is 12.4. The number of ether oxygens (including phenoxy) is 1. The van der Waals surface area contributed by atoms with Crippen LogP contribution in [0.15, 0.2) is 18.2 Å². The van der Waals surface area contributed by atoms with Crippen LogP contribution in [0.3, 0.4) is 0 Å². The Morgan fingerprint density at radius 3 is 2.91 bits per heavy atom. The fraction of sp³-hybridized carbons (Fsp3) is 0.562. The monoisotopic (exact) mass is 329 g/mol. The number of nitrogens with one attached hydrogen (secondary N) is 1. The van der Waals surface area contributed by atoms with Crippen molar-refractivity contribution in [2.75, 3.05) is 6.61 Å². The Morgan fingerprint density at radius 2 is 2.23 bits per heavy atom. The lowest BCUT2D eigenvalue weighted by molar-refractivity contribution is -0.128. The number of hydrogen-bond acceptors (Lipinski definition) is 3. The average molecular weight is 330 g/mol. The van der Waals surface area contributed by atoms with E-state index in [1.54, 1.807) is 6.92 Å². The molecule has 1 saturated carbocycles. The summed E-state index contributed by atoms with van der Waals surface area (Å²) in [6, 6.07) is 3.75. The van der Waals surface area contributed by atoms with Gasteiger partial charge in [0.1, 0.15) is 11.6 Å². The number of carbonyl (C=O) groups excluding carboxylic acids is 1. The number of halogens is 2. The molecule has 1 aromatic rings. The maximum Gasteiger partial charge on any atom is 0.261 e. The molecule has 6 heteroatoms. The van der Waals surface area contributed by atoms with Crippen molar-refractivity contribution < 1.29 is 19.0 Å². The highest BCUT2D eigenvalue weighted by Gasteiger charge is 2.28. The standard InChI is InChI=1S/C16H21ClFNO3/c1-10(22-15-7-6-12(18)8-13(15)17)16(21)19-14-5-3-2-4-11(14)9-20/h6-8,10-11,14,20H,2-5,9H2,1H3,(H,19,21). The summed E-state index contributed by atoms with van der Waals surface area (Å²) in [4.78, 5) is 12.2. The topological polar surface area (TPSA) is 58.6 Å². The predicted molar refractivity (Wildman–Crippen MR) is 82.5 cm³/mol. The van der Waals surface area contributed by atoms with E-state index >= 15 is 0 Å². The Balaban J connectivity index is 1.94. The molecule has 1 fully saturated rings. The van der Waals surface area contributed by atoms with Crippen LogP contribution in [-0.4, -0.2) is 29.8 Å². The number of hydrogen-bond donors (Lipinski definition) is 2. The van der Waals surface area contributed by atoms with Gasteiger partial charge in [-0.05, 0) is 38.0 Å². The molecule has 0 saturated heterocycles. The van der Waals surface area contributed by atoms with Gasteiger partial charge < -0.3 is 15.2 Å². The Bertz CT molecular complexity index is 526. The second kappa shape index (κ2) is 7.79. The Morgan fingerprint density at radius 1 is 1.50 bits per heavy atom. The van der Waals surface area contributed by atoms with Crippen molar-refractivity contribution in [3.63, 3.8) is 0 Å². The molecule has 1 amide bonds. The fourth-order valence-corrected chi connectivity index (χ4v) is 2.94. The minimum atomic E-state index is -0.746. The summed E-state index contributed by atoms with van der Waals surface area (Å²) in [6.07, 6.45) is 3.15.